The number of hydrogen-bond donors (Lipinski definition) is 1. The van der Waals surface area contributed by atoms with Gasteiger partial charge in [-0.2, -0.15) is 13.2 Å². The van der Waals surface area contributed by atoms with Crippen molar-refractivity contribution in [2.75, 3.05) is 24.5 Å². The average Bonchev–Trinajstić information content (AvgIpc) is 2.29. The van der Waals surface area contributed by atoms with E-state index < -0.39 is 11.7 Å². The number of pyridine rings is 1. The molecule has 6 heteroatoms. The van der Waals surface area contributed by atoms with E-state index in [-0.39, 0.29) is 6.04 Å². The van der Waals surface area contributed by atoms with Gasteiger partial charge in [-0.15, -0.1) is 0 Å². The van der Waals surface area contributed by atoms with Crippen LogP contribution in [-0.2, 0) is 6.18 Å². The van der Waals surface area contributed by atoms with E-state index in [0.29, 0.717) is 5.82 Å². The van der Waals surface area contributed by atoms with Gasteiger partial charge in [-0.3, -0.25) is 0 Å². The van der Waals surface area contributed by atoms with E-state index >= 15 is 0 Å². The molecule has 0 aliphatic carbocycles. The Labute approximate surface area is 97.6 Å². The lowest BCUT2D eigenvalue weighted by atomic mass is 10.2. The van der Waals surface area contributed by atoms with Crippen LogP contribution >= 0.6 is 0 Å². The van der Waals surface area contributed by atoms with Crippen molar-refractivity contribution in [2.24, 2.45) is 0 Å². The van der Waals surface area contributed by atoms with Gasteiger partial charge in [0.25, 0.3) is 0 Å². The second-order valence-electron chi connectivity index (χ2n) is 4.15. The third-order valence-electron chi connectivity index (χ3n) is 2.87. The van der Waals surface area contributed by atoms with Gasteiger partial charge in [0, 0.05) is 31.9 Å². The van der Waals surface area contributed by atoms with Crippen LogP contribution in [0, 0.1) is 0 Å². The fourth-order valence-electron chi connectivity index (χ4n) is 1.91. The summed E-state index contributed by atoms with van der Waals surface area (Å²) in [7, 11) is 0. The fraction of sp³-hybridized carbons (Fsp3) is 0.545. The van der Waals surface area contributed by atoms with Gasteiger partial charge in [0.15, 0.2) is 0 Å². The van der Waals surface area contributed by atoms with Gasteiger partial charge in [0.05, 0.1) is 5.56 Å². The highest BCUT2D eigenvalue weighted by atomic mass is 19.4. The van der Waals surface area contributed by atoms with E-state index in [1.165, 1.54) is 6.07 Å². The summed E-state index contributed by atoms with van der Waals surface area (Å²) in [6.45, 7) is 4.43. The maximum absolute atomic E-state index is 12.4. The SMILES string of the molecule is C[C@H]1CNCCN1c1ccc(C(F)(F)F)cn1. The third kappa shape index (κ3) is 2.69. The molecule has 0 bridgehead atoms. The molecule has 0 unspecified atom stereocenters. The second-order valence-corrected chi connectivity index (χ2v) is 4.15. The smallest absolute Gasteiger partial charge is 0.351 e. The molecule has 0 spiro atoms. The molecule has 1 aliphatic rings. The lowest BCUT2D eigenvalue weighted by molar-refractivity contribution is -0.137. The molecule has 3 nitrogen and oxygen atoms in total. The number of halogens is 3. The Morgan fingerprint density at radius 3 is 2.71 bits per heavy atom. The largest absolute Gasteiger partial charge is 0.417 e. The third-order valence-corrected chi connectivity index (χ3v) is 2.87. The number of hydrogen-bond acceptors (Lipinski definition) is 3. The lowest BCUT2D eigenvalue weighted by Crippen LogP contribution is -2.50. The van der Waals surface area contributed by atoms with Crippen molar-refractivity contribution >= 4 is 5.82 Å². The quantitative estimate of drug-likeness (QED) is 0.819. The molecule has 1 aromatic heterocycles. The van der Waals surface area contributed by atoms with Crippen LogP contribution in [0.3, 0.4) is 0 Å². The number of aromatic nitrogens is 1. The average molecular weight is 245 g/mol. The van der Waals surface area contributed by atoms with Crippen LogP contribution < -0.4 is 10.2 Å². The van der Waals surface area contributed by atoms with Crippen LogP contribution in [0.2, 0.25) is 0 Å². The first-order valence-corrected chi connectivity index (χ1v) is 5.49. The predicted octanol–water partition coefficient (Wildman–Crippen LogP) is 1.90. The highest BCUT2D eigenvalue weighted by molar-refractivity contribution is 5.41. The van der Waals surface area contributed by atoms with Gasteiger partial charge in [-0.25, -0.2) is 4.98 Å². The summed E-state index contributed by atoms with van der Waals surface area (Å²) in [5.74, 6) is 0.604. The fourth-order valence-corrected chi connectivity index (χ4v) is 1.91. The number of anilines is 1. The van der Waals surface area contributed by atoms with Crippen molar-refractivity contribution in [2.45, 2.75) is 19.1 Å². The molecule has 17 heavy (non-hydrogen) atoms. The van der Waals surface area contributed by atoms with Gasteiger partial charge in [-0.1, -0.05) is 0 Å². The van der Waals surface area contributed by atoms with E-state index in [1.54, 1.807) is 0 Å². The van der Waals surface area contributed by atoms with E-state index in [9.17, 15) is 13.2 Å². The lowest BCUT2D eigenvalue weighted by Gasteiger charge is -2.34. The zero-order valence-electron chi connectivity index (χ0n) is 9.46. The Balaban J connectivity index is 2.17. The number of rotatable bonds is 1. The van der Waals surface area contributed by atoms with E-state index in [2.05, 4.69) is 10.3 Å². The first kappa shape index (κ1) is 12.2. The maximum atomic E-state index is 12.4. The summed E-state index contributed by atoms with van der Waals surface area (Å²) < 4.78 is 37.1. The van der Waals surface area contributed by atoms with E-state index in [0.717, 1.165) is 31.9 Å². The molecule has 1 fully saturated rings. The van der Waals surface area contributed by atoms with Crippen LogP contribution in [0.25, 0.3) is 0 Å². The second kappa shape index (κ2) is 4.52. The van der Waals surface area contributed by atoms with Crippen LogP contribution in [-0.4, -0.2) is 30.7 Å². The molecule has 0 aromatic carbocycles. The Kier molecular flexibility index (Phi) is 3.24. The van der Waals surface area contributed by atoms with E-state index in [1.807, 2.05) is 11.8 Å². The zero-order valence-corrected chi connectivity index (χ0v) is 9.46. The highest BCUT2D eigenvalue weighted by Gasteiger charge is 2.31. The van der Waals surface area contributed by atoms with Gasteiger partial charge in [-0.05, 0) is 19.1 Å². The van der Waals surface area contributed by atoms with Crippen LogP contribution in [0.1, 0.15) is 12.5 Å². The van der Waals surface area contributed by atoms with Gasteiger partial charge in [0.1, 0.15) is 5.82 Å². The normalized spacial score (nSPS) is 21.6. The summed E-state index contributed by atoms with van der Waals surface area (Å²) in [6.07, 6.45) is -3.43. The molecule has 0 radical (unpaired) electrons. The Hall–Kier alpha value is -1.30. The van der Waals surface area contributed by atoms with Crippen molar-refractivity contribution in [1.29, 1.82) is 0 Å². The summed E-state index contributed by atoms with van der Waals surface area (Å²) in [4.78, 5) is 5.91. The van der Waals surface area contributed by atoms with Crippen LogP contribution in [0.15, 0.2) is 18.3 Å². The minimum absolute atomic E-state index is 0.244. The molecule has 94 valence electrons. The first-order chi connectivity index (χ1) is 7.98. The van der Waals surface area contributed by atoms with Gasteiger partial charge in [0.2, 0.25) is 0 Å². The summed E-state index contributed by atoms with van der Waals surface area (Å²) in [6, 6.07) is 2.76. The Morgan fingerprint density at radius 2 is 2.18 bits per heavy atom. The molecule has 0 amide bonds. The molecule has 1 N–H and O–H groups in total. The Bertz CT molecular complexity index is 375. The van der Waals surface area contributed by atoms with E-state index in [4.69, 9.17) is 0 Å². The predicted molar refractivity (Wildman–Crippen MR) is 58.9 cm³/mol. The van der Waals surface area contributed by atoms with Gasteiger partial charge < -0.3 is 10.2 Å². The molecule has 2 rings (SSSR count). The number of nitrogens with zero attached hydrogens (tertiary/aromatic N) is 2. The minimum atomic E-state index is -4.32. The van der Waals surface area contributed by atoms with Crippen molar-refractivity contribution < 1.29 is 13.2 Å². The van der Waals surface area contributed by atoms with Crippen LogP contribution in [0.5, 0.6) is 0 Å². The number of piperazine rings is 1. The summed E-state index contributed by atoms with van der Waals surface area (Å²) in [5.41, 5.74) is -0.705. The molecular formula is C11H14F3N3. The number of nitrogens with one attached hydrogen (secondary N) is 1. The highest BCUT2D eigenvalue weighted by Crippen LogP contribution is 2.29. The minimum Gasteiger partial charge on any atom is -0.351 e. The summed E-state index contributed by atoms with van der Waals surface area (Å²) >= 11 is 0. The van der Waals surface area contributed by atoms with Crippen molar-refractivity contribution in [3.63, 3.8) is 0 Å². The van der Waals surface area contributed by atoms with Crippen molar-refractivity contribution in [3.8, 4) is 0 Å². The molecule has 0 saturated carbocycles. The molecule has 2 heterocycles. The molecule has 1 atom stereocenters. The zero-order chi connectivity index (χ0) is 12.5. The standard InChI is InChI=1S/C11H14F3N3/c1-8-6-15-4-5-17(8)10-3-2-9(7-16-10)11(12,13)14/h2-3,7-8,15H,4-6H2,1H3/t8-/m0/s1. The molecular weight excluding hydrogens is 231 g/mol. The van der Waals surface area contributed by atoms with Gasteiger partial charge >= 0.3 is 6.18 Å². The Morgan fingerprint density at radius 1 is 1.41 bits per heavy atom. The topological polar surface area (TPSA) is 28.2 Å². The van der Waals surface area contributed by atoms with Crippen molar-refractivity contribution in [3.05, 3.63) is 23.9 Å². The maximum Gasteiger partial charge on any atom is 0.417 e. The molecule has 1 aliphatic heterocycles. The molecule has 1 saturated heterocycles. The van der Waals surface area contributed by atoms with Crippen LogP contribution in [0.4, 0.5) is 19.0 Å². The number of alkyl halides is 3. The molecule has 1 aromatic rings. The van der Waals surface area contributed by atoms with Crippen molar-refractivity contribution in [1.82, 2.24) is 10.3 Å². The first-order valence-electron chi connectivity index (χ1n) is 5.49. The monoisotopic (exact) mass is 245 g/mol. The summed E-state index contributed by atoms with van der Waals surface area (Å²) in [5, 5.41) is 3.22.